The second-order valence-corrected chi connectivity index (χ2v) is 5.90. The van der Waals surface area contributed by atoms with Gasteiger partial charge < -0.3 is 15.8 Å². The van der Waals surface area contributed by atoms with Crippen LogP contribution in [0.3, 0.4) is 0 Å². The summed E-state index contributed by atoms with van der Waals surface area (Å²) in [5, 5.41) is 3.60. The van der Waals surface area contributed by atoms with Crippen LogP contribution in [0.4, 0.5) is 0 Å². The topological polar surface area (TPSA) is 47.3 Å². The van der Waals surface area contributed by atoms with E-state index in [-0.39, 0.29) is 5.54 Å². The number of ether oxygens (including phenoxy) is 1. The van der Waals surface area contributed by atoms with Crippen LogP contribution in [0.15, 0.2) is 6.07 Å². The van der Waals surface area contributed by atoms with Crippen LogP contribution in [0.1, 0.15) is 42.5 Å². The van der Waals surface area contributed by atoms with Crippen LogP contribution < -0.4 is 15.8 Å². The summed E-state index contributed by atoms with van der Waals surface area (Å²) in [7, 11) is 1.73. The molecule has 0 aliphatic rings. The molecule has 0 aromatic heterocycles. The number of hydrogen-bond donors (Lipinski definition) is 2. The summed E-state index contributed by atoms with van der Waals surface area (Å²) in [6.45, 7) is 12.4. The molecule has 3 heteroatoms. The molecule has 0 aliphatic carbocycles. The van der Waals surface area contributed by atoms with E-state index in [4.69, 9.17) is 10.5 Å². The molecule has 0 aliphatic heterocycles. The molecule has 0 saturated carbocycles. The first-order valence-corrected chi connectivity index (χ1v) is 6.91. The van der Waals surface area contributed by atoms with Gasteiger partial charge in [0, 0.05) is 12.1 Å². The number of nitrogens with one attached hydrogen (secondary N) is 1. The highest BCUT2D eigenvalue weighted by atomic mass is 16.5. The second-order valence-electron chi connectivity index (χ2n) is 5.90. The van der Waals surface area contributed by atoms with E-state index >= 15 is 0 Å². The van der Waals surface area contributed by atoms with E-state index in [0.29, 0.717) is 6.54 Å². The Kier molecular flexibility index (Phi) is 5.39. The predicted molar refractivity (Wildman–Crippen MR) is 81.8 cm³/mol. The molecule has 0 unspecified atom stereocenters. The monoisotopic (exact) mass is 264 g/mol. The normalized spacial score (nSPS) is 11.7. The first-order valence-electron chi connectivity index (χ1n) is 6.91. The Morgan fingerprint density at radius 1 is 1.21 bits per heavy atom. The summed E-state index contributed by atoms with van der Waals surface area (Å²) in [5.74, 6) is 0.972. The number of benzene rings is 1. The van der Waals surface area contributed by atoms with E-state index in [1.165, 1.54) is 22.3 Å². The molecule has 0 saturated heterocycles. The van der Waals surface area contributed by atoms with Crippen LogP contribution in [0.2, 0.25) is 0 Å². The Bertz CT molecular complexity index is 439. The highest BCUT2D eigenvalue weighted by Gasteiger charge is 2.17. The van der Waals surface area contributed by atoms with E-state index in [1.54, 1.807) is 7.11 Å². The van der Waals surface area contributed by atoms with Crippen molar-refractivity contribution in [1.29, 1.82) is 0 Å². The quantitative estimate of drug-likeness (QED) is 0.830. The van der Waals surface area contributed by atoms with Crippen molar-refractivity contribution in [2.24, 2.45) is 5.73 Å². The zero-order chi connectivity index (χ0) is 14.6. The second kappa shape index (κ2) is 6.40. The van der Waals surface area contributed by atoms with Crippen molar-refractivity contribution >= 4 is 0 Å². The van der Waals surface area contributed by atoms with Crippen molar-refractivity contribution in [3.63, 3.8) is 0 Å². The molecule has 3 N–H and O–H groups in total. The van der Waals surface area contributed by atoms with Crippen LogP contribution >= 0.6 is 0 Å². The van der Waals surface area contributed by atoms with E-state index in [0.717, 1.165) is 18.7 Å². The minimum Gasteiger partial charge on any atom is -0.496 e. The minimum absolute atomic E-state index is 0.0709. The molecule has 3 nitrogen and oxygen atoms in total. The highest BCUT2D eigenvalue weighted by Crippen LogP contribution is 2.27. The number of nitrogens with two attached hydrogens (primary N) is 1. The van der Waals surface area contributed by atoms with Gasteiger partial charge in [0.15, 0.2) is 0 Å². The molecule has 1 aromatic carbocycles. The molecule has 19 heavy (non-hydrogen) atoms. The van der Waals surface area contributed by atoms with E-state index < -0.39 is 0 Å². The highest BCUT2D eigenvalue weighted by molar-refractivity contribution is 5.48. The van der Waals surface area contributed by atoms with Crippen LogP contribution in [0, 0.1) is 20.8 Å². The Morgan fingerprint density at radius 2 is 1.84 bits per heavy atom. The summed E-state index contributed by atoms with van der Waals surface area (Å²) < 4.78 is 5.41. The maximum atomic E-state index is 5.65. The summed E-state index contributed by atoms with van der Waals surface area (Å²) >= 11 is 0. The maximum absolute atomic E-state index is 5.65. The summed E-state index contributed by atoms with van der Waals surface area (Å²) in [6.07, 6.45) is 0.972. The molecule has 1 aromatic rings. The van der Waals surface area contributed by atoms with Gasteiger partial charge in [-0.3, -0.25) is 0 Å². The molecular weight excluding hydrogens is 236 g/mol. The van der Waals surface area contributed by atoms with E-state index in [2.05, 4.69) is 46.0 Å². The molecule has 108 valence electrons. The number of rotatable bonds is 6. The number of aryl methyl sites for hydroxylation is 1. The van der Waals surface area contributed by atoms with Gasteiger partial charge >= 0.3 is 0 Å². The zero-order valence-corrected chi connectivity index (χ0v) is 13.2. The fourth-order valence-electron chi connectivity index (χ4n) is 2.36. The third-order valence-electron chi connectivity index (χ3n) is 3.94. The van der Waals surface area contributed by atoms with Gasteiger partial charge in [0.1, 0.15) is 5.75 Å². The van der Waals surface area contributed by atoms with Crippen LogP contribution in [0.25, 0.3) is 0 Å². The fraction of sp³-hybridized carbons (Fsp3) is 0.625. The first-order chi connectivity index (χ1) is 8.82. The van der Waals surface area contributed by atoms with Crippen LogP contribution in [-0.2, 0) is 6.54 Å². The lowest BCUT2D eigenvalue weighted by atomic mass is 9.95. The van der Waals surface area contributed by atoms with Crippen molar-refractivity contribution < 1.29 is 4.74 Å². The Labute approximate surface area is 117 Å². The van der Waals surface area contributed by atoms with E-state index in [9.17, 15) is 0 Å². The fourth-order valence-corrected chi connectivity index (χ4v) is 2.36. The smallest absolute Gasteiger partial charge is 0.122 e. The van der Waals surface area contributed by atoms with Crippen molar-refractivity contribution in [3.8, 4) is 5.75 Å². The van der Waals surface area contributed by atoms with Gasteiger partial charge in [0.2, 0.25) is 0 Å². The van der Waals surface area contributed by atoms with E-state index in [1.807, 2.05) is 0 Å². The molecule has 0 bridgehead atoms. The molecule has 0 heterocycles. The lowest BCUT2D eigenvalue weighted by molar-refractivity contribution is 0.364. The summed E-state index contributed by atoms with van der Waals surface area (Å²) in [4.78, 5) is 0. The first kappa shape index (κ1) is 16.0. The lowest BCUT2D eigenvalue weighted by Gasteiger charge is -2.27. The third kappa shape index (κ3) is 3.95. The molecule has 0 atom stereocenters. The molecule has 1 rings (SSSR count). The Morgan fingerprint density at radius 3 is 2.37 bits per heavy atom. The van der Waals surface area contributed by atoms with Crippen LogP contribution in [0.5, 0.6) is 5.75 Å². The minimum atomic E-state index is 0.0709. The van der Waals surface area contributed by atoms with Gasteiger partial charge in [-0.05, 0) is 75.9 Å². The molecule has 0 spiro atoms. The Hall–Kier alpha value is -1.06. The SMILES string of the molecule is COc1cc(C)c(CNC(C)(C)CCN)c(C)c1C. The molecular formula is C16H28N2O. The maximum Gasteiger partial charge on any atom is 0.122 e. The van der Waals surface area contributed by atoms with Crippen molar-refractivity contribution in [3.05, 3.63) is 28.3 Å². The number of hydrogen-bond acceptors (Lipinski definition) is 3. The number of methoxy groups -OCH3 is 1. The lowest BCUT2D eigenvalue weighted by Crippen LogP contribution is -2.40. The van der Waals surface area contributed by atoms with Gasteiger partial charge in [-0.25, -0.2) is 0 Å². The van der Waals surface area contributed by atoms with Crippen molar-refractivity contribution in [1.82, 2.24) is 5.32 Å². The van der Waals surface area contributed by atoms with Gasteiger partial charge in [0.05, 0.1) is 7.11 Å². The summed E-state index contributed by atoms with van der Waals surface area (Å²) in [5.41, 5.74) is 10.9. The predicted octanol–water partition coefficient (Wildman–Crippen LogP) is 2.84. The van der Waals surface area contributed by atoms with Crippen molar-refractivity contribution in [2.75, 3.05) is 13.7 Å². The standard InChI is InChI=1S/C16H28N2O/c1-11-9-15(19-6)13(3)12(2)14(11)10-18-16(4,5)7-8-17/h9,18H,7-8,10,17H2,1-6H3. The zero-order valence-electron chi connectivity index (χ0n) is 13.2. The van der Waals surface area contributed by atoms with Crippen LogP contribution in [-0.4, -0.2) is 19.2 Å². The van der Waals surface area contributed by atoms with Gasteiger partial charge in [-0.2, -0.15) is 0 Å². The average molecular weight is 264 g/mol. The van der Waals surface area contributed by atoms with Gasteiger partial charge in [-0.1, -0.05) is 0 Å². The summed E-state index contributed by atoms with van der Waals surface area (Å²) in [6, 6.07) is 2.12. The average Bonchev–Trinajstić information content (AvgIpc) is 2.33. The molecule has 0 amide bonds. The van der Waals surface area contributed by atoms with Gasteiger partial charge in [0.25, 0.3) is 0 Å². The van der Waals surface area contributed by atoms with Gasteiger partial charge in [-0.15, -0.1) is 0 Å². The molecule has 0 radical (unpaired) electrons. The largest absolute Gasteiger partial charge is 0.496 e. The third-order valence-corrected chi connectivity index (χ3v) is 3.94. The Balaban J connectivity index is 2.94. The van der Waals surface area contributed by atoms with Crippen molar-refractivity contribution in [2.45, 2.75) is 53.1 Å². The molecule has 0 fully saturated rings.